The molecule has 0 atom stereocenters. The van der Waals surface area contributed by atoms with E-state index < -0.39 is 0 Å². The third-order valence-corrected chi connectivity index (χ3v) is 4.21. The van der Waals surface area contributed by atoms with E-state index in [4.69, 9.17) is 20.8 Å². The van der Waals surface area contributed by atoms with Gasteiger partial charge >= 0.3 is 6.01 Å². The first kappa shape index (κ1) is 14.9. The maximum absolute atomic E-state index is 5.86. The first-order valence-electron chi connectivity index (χ1n) is 6.70. The fourth-order valence-corrected chi connectivity index (χ4v) is 2.87. The molecule has 22 heavy (non-hydrogen) atoms. The molecule has 0 fully saturated rings. The largest absolute Gasteiger partial charge is 0.495 e. The van der Waals surface area contributed by atoms with E-state index in [0.29, 0.717) is 18.5 Å². The lowest BCUT2D eigenvalue weighted by atomic mass is 10.1. The van der Waals surface area contributed by atoms with E-state index in [2.05, 4.69) is 15.5 Å². The second kappa shape index (κ2) is 6.81. The number of methoxy groups -OCH3 is 1. The van der Waals surface area contributed by atoms with Crippen LogP contribution in [-0.2, 0) is 6.42 Å². The molecule has 0 radical (unpaired) electrons. The van der Waals surface area contributed by atoms with Crippen LogP contribution in [0.5, 0.6) is 5.75 Å². The lowest BCUT2D eigenvalue weighted by Gasteiger charge is -2.02. The average molecular weight is 336 g/mol. The Bertz CT molecular complexity index is 739. The minimum atomic E-state index is 0.402. The topological polar surface area (TPSA) is 60.2 Å². The van der Waals surface area contributed by atoms with Gasteiger partial charge in [0, 0.05) is 11.6 Å². The molecule has 0 saturated carbocycles. The van der Waals surface area contributed by atoms with E-state index in [1.165, 1.54) is 16.9 Å². The minimum Gasteiger partial charge on any atom is -0.495 e. The molecule has 114 valence electrons. The van der Waals surface area contributed by atoms with Gasteiger partial charge < -0.3 is 14.5 Å². The van der Waals surface area contributed by atoms with Crippen LogP contribution in [0.15, 0.2) is 40.1 Å². The van der Waals surface area contributed by atoms with E-state index in [1.54, 1.807) is 7.11 Å². The van der Waals surface area contributed by atoms with Crippen molar-refractivity contribution in [2.75, 3.05) is 19.0 Å². The Hall–Kier alpha value is -2.05. The second-order valence-electron chi connectivity index (χ2n) is 4.53. The quantitative estimate of drug-likeness (QED) is 0.734. The molecule has 0 aliphatic rings. The Morgan fingerprint density at radius 1 is 1.23 bits per heavy atom. The molecule has 0 spiro atoms. The van der Waals surface area contributed by atoms with E-state index >= 15 is 0 Å². The van der Waals surface area contributed by atoms with E-state index in [9.17, 15) is 0 Å². The maximum atomic E-state index is 5.86. The molecule has 0 aliphatic carbocycles. The number of halogens is 1. The van der Waals surface area contributed by atoms with Gasteiger partial charge in [-0.1, -0.05) is 28.8 Å². The van der Waals surface area contributed by atoms with Gasteiger partial charge in [0.05, 0.1) is 7.11 Å². The Labute approximate surface area is 136 Å². The number of ether oxygens (including phenoxy) is 1. The highest BCUT2D eigenvalue weighted by atomic mass is 35.5. The van der Waals surface area contributed by atoms with Gasteiger partial charge in [-0.2, -0.15) is 0 Å². The number of anilines is 1. The van der Waals surface area contributed by atoms with Gasteiger partial charge in [0.2, 0.25) is 0 Å². The van der Waals surface area contributed by atoms with Crippen molar-refractivity contribution in [2.45, 2.75) is 6.42 Å². The first-order valence-corrected chi connectivity index (χ1v) is 7.95. The summed E-state index contributed by atoms with van der Waals surface area (Å²) in [7, 11) is 1.62. The molecular formula is C15H14ClN3O2S. The molecule has 0 amide bonds. The van der Waals surface area contributed by atoms with Crippen molar-refractivity contribution in [1.29, 1.82) is 0 Å². The van der Waals surface area contributed by atoms with Crippen molar-refractivity contribution in [3.05, 3.63) is 46.3 Å². The fourth-order valence-electron chi connectivity index (χ4n) is 1.97. The number of hydrogen-bond donors (Lipinski definition) is 1. The van der Waals surface area contributed by atoms with Gasteiger partial charge in [-0.3, -0.25) is 0 Å². The molecule has 3 aromatic rings. The predicted molar refractivity (Wildman–Crippen MR) is 87.8 cm³/mol. The van der Waals surface area contributed by atoms with Crippen molar-refractivity contribution >= 4 is 29.0 Å². The molecule has 0 aliphatic heterocycles. The molecule has 7 heteroatoms. The molecule has 0 saturated heterocycles. The van der Waals surface area contributed by atoms with Crippen LogP contribution in [0.3, 0.4) is 0 Å². The number of nitrogens with zero attached hydrogens (tertiary/aromatic N) is 2. The number of aromatic nitrogens is 2. The fraction of sp³-hybridized carbons (Fsp3) is 0.200. The van der Waals surface area contributed by atoms with Crippen LogP contribution >= 0.6 is 22.9 Å². The number of thiophene rings is 1. The Morgan fingerprint density at radius 2 is 2.05 bits per heavy atom. The highest BCUT2D eigenvalue weighted by Gasteiger charge is 2.14. The van der Waals surface area contributed by atoms with E-state index in [-0.39, 0.29) is 0 Å². The van der Waals surface area contributed by atoms with Crippen molar-refractivity contribution in [1.82, 2.24) is 10.2 Å². The third kappa shape index (κ3) is 3.40. The summed E-state index contributed by atoms with van der Waals surface area (Å²) >= 11 is 7.36. The minimum absolute atomic E-state index is 0.402. The summed E-state index contributed by atoms with van der Waals surface area (Å²) in [6.45, 7) is 0.699. The summed E-state index contributed by atoms with van der Waals surface area (Å²) in [5.41, 5.74) is 1.19. The van der Waals surface area contributed by atoms with E-state index in [0.717, 1.165) is 22.1 Å². The highest BCUT2D eigenvalue weighted by Crippen LogP contribution is 2.34. The molecule has 2 heterocycles. The summed E-state index contributed by atoms with van der Waals surface area (Å²) in [5, 5.41) is 13.8. The lowest BCUT2D eigenvalue weighted by Crippen LogP contribution is -2.04. The lowest BCUT2D eigenvalue weighted by molar-refractivity contribution is 0.416. The Kier molecular flexibility index (Phi) is 4.60. The zero-order chi connectivity index (χ0) is 15.4. The van der Waals surface area contributed by atoms with Crippen LogP contribution in [0.4, 0.5) is 6.01 Å². The predicted octanol–water partition coefficient (Wildman–Crippen LogP) is 4.11. The monoisotopic (exact) mass is 335 g/mol. The Morgan fingerprint density at radius 3 is 2.82 bits per heavy atom. The van der Waals surface area contributed by atoms with Gasteiger partial charge in [-0.15, -0.1) is 16.4 Å². The molecule has 2 aromatic heterocycles. The van der Waals surface area contributed by atoms with Crippen molar-refractivity contribution in [3.8, 4) is 16.5 Å². The second-order valence-corrected chi connectivity index (χ2v) is 5.89. The number of benzene rings is 1. The molecule has 3 rings (SSSR count). The van der Waals surface area contributed by atoms with Crippen LogP contribution in [-0.4, -0.2) is 23.9 Å². The van der Waals surface area contributed by atoms with Crippen LogP contribution in [0.25, 0.3) is 10.8 Å². The summed E-state index contributed by atoms with van der Waals surface area (Å²) in [6, 6.07) is 10.0. The molecular weight excluding hydrogens is 322 g/mol. The molecule has 1 N–H and O–H groups in total. The molecule has 0 unspecified atom stereocenters. The summed E-state index contributed by atoms with van der Waals surface area (Å²) in [5.74, 6) is 1.20. The zero-order valence-corrected chi connectivity index (χ0v) is 13.4. The summed E-state index contributed by atoms with van der Waals surface area (Å²) < 4.78 is 10.9. The summed E-state index contributed by atoms with van der Waals surface area (Å²) in [6.07, 6.45) is 0.844. The number of nitrogens with one attached hydrogen (secondary N) is 1. The van der Waals surface area contributed by atoms with Gasteiger partial charge in [0.15, 0.2) is 0 Å². The molecule has 5 nitrogen and oxygen atoms in total. The van der Waals surface area contributed by atoms with Gasteiger partial charge in [0.25, 0.3) is 5.89 Å². The van der Waals surface area contributed by atoms with Gasteiger partial charge in [-0.25, -0.2) is 0 Å². The highest BCUT2D eigenvalue weighted by molar-refractivity contribution is 7.13. The average Bonchev–Trinajstić information content (AvgIpc) is 3.17. The Balaban J connectivity index is 1.59. The maximum Gasteiger partial charge on any atom is 0.315 e. The first-order chi connectivity index (χ1) is 10.8. The standard InChI is InChI=1S/C15H14ClN3O2S/c1-20-12-7-9-22-13(12)14-18-19-15(21-14)17-8-6-10-2-4-11(16)5-3-10/h2-5,7,9H,6,8H2,1H3,(H,17,19). The smallest absolute Gasteiger partial charge is 0.315 e. The van der Waals surface area contributed by atoms with Crippen molar-refractivity contribution in [2.24, 2.45) is 0 Å². The van der Waals surface area contributed by atoms with E-state index in [1.807, 2.05) is 35.7 Å². The normalized spacial score (nSPS) is 10.6. The van der Waals surface area contributed by atoms with Crippen LogP contribution in [0, 0.1) is 0 Å². The van der Waals surface area contributed by atoms with Crippen LogP contribution < -0.4 is 10.1 Å². The summed E-state index contributed by atoms with van der Waals surface area (Å²) in [4.78, 5) is 0.834. The molecule has 1 aromatic carbocycles. The van der Waals surface area contributed by atoms with Gasteiger partial charge in [-0.05, 0) is 35.6 Å². The van der Waals surface area contributed by atoms with Crippen LogP contribution in [0.1, 0.15) is 5.56 Å². The van der Waals surface area contributed by atoms with Crippen molar-refractivity contribution < 1.29 is 9.15 Å². The number of hydrogen-bond acceptors (Lipinski definition) is 6. The van der Waals surface area contributed by atoms with Crippen molar-refractivity contribution in [3.63, 3.8) is 0 Å². The third-order valence-electron chi connectivity index (χ3n) is 3.07. The van der Waals surface area contributed by atoms with Gasteiger partial charge in [0.1, 0.15) is 10.6 Å². The number of rotatable bonds is 6. The molecule has 0 bridgehead atoms. The van der Waals surface area contributed by atoms with Crippen LogP contribution in [0.2, 0.25) is 5.02 Å². The zero-order valence-electron chi connectivity index (χ0n) is 11.9. The SMILES string of the molecule is COc1ccsc1-c1nnc(NCCc2ccc(Cl)cc2)o1.